The molecule has 6 nitrogen and oxygen atoms in total. The fourth-order valence-corrected chi connectivity index (χ4v) is 3.57. The number of aromatic nitrogens is 3. The predicted molar refractivity (Wildman–Crippen MR) is 107 cm³/mol. The van der Waals surface area contributed by atoms with Crippen LogP contribution >= 0.6 is 11.3 Å². The van der Waals surface area contributed by atoms with Crippen LogP contribution in [0, 0.1) is 6.92 Å². The van der Waals surface area contributed by atoms with Crippen molar-refractivity contribution in [1.82, 2.24) is 25.4 Å². The lowest BCUT2D eigenvalue weighted by Crippen LogP contribution is -2.37. The lowest BCUT2D eigenvalue weighted by Gasteiger charge is -2.11. The second-order valence-electron chi connectivity index (χ2n) is 5.87. The molecular weight excluding hydrogens is 344 g/mol. The van der Waals surface area contributed by atoms with Gasteiger partial charge in [-0.2, -0.15) is 5.10 Å². The van der Waals surface area contributed by atoms with Gasteiger partial charge in [-0.3, -0.25) is 9.67 Å². The normalized spacial score (nSPS) is 11.5. The highest BCUT2D eigenvalue weighted by molar-refractivity contribution is 7.15. The highest BCUT2D eigenvalue weighted by atomic mass is 32.1. The zero-order valence-electron chi connectivity index (χ0n) is 15.1. The lowest BCUT2D eigenvalue weighted by molar-refractivity contribution is 0.570. The highest BCUT2D eigenvalue weighted by Crippen LogP contribution is 2.27. The Hall–Kier alpha value is -2.67. The van der Waals surface area contributed by atoms with Crippen LogP contribution in [-0.4, -0.2) is 34.3 Å². The second kappa shape index (κ2) is 9.15. The SMILES string of the molecule is CN=C(NCCCn1cccn1)NCc1sc(-c2ccccc2)nc1C. The third kappa shape index (κ3) is 4.92. The van der Waals surface area contributed by atoms with Gasteiger partial charge in [0.15, 0.2) is 5.96 Å². The first kappa shape index (κ1) is 18.1. The lowest BCUT2D eigenvalue weighted by atomic mass is 10.2. The summed E-state index contributed by atoms with van der Waals surface area (Å²) in [5.41, 5.74) is 2.23. The number of hydrogen-bond donors (Lipinski definition) is 2. The Kier molecular flexibility index (Phi) is 6.38. The third-order valence-corrected chi connectivity index (χ3v) is 5.18. The van der Waals surface area contributed by atoms with Gasteiger partial charge in [0, 0.05) is 43.0 Å². The standard InChI is InChI=1S/C19H24N6S/c1-15-17(26-18(24-15)16-8-4-3-5-9-16)14-22-19(20-2)21-10-6-12-25-13-7-11-23-25/h3-5,7-9,11,13H,6,10,12,14H2,1-2H3,(H2,20,21,22). The maximum absolute atomic E-state index is 4.70. The molecule has 0 atom stereocenters. The Bertz CT molecular complexity index is 823. The van der Waals surface area contributed by atoms with Crippen molar-refractivity contribution in [3.8, 4) is 10.6 Å². The van der Waals surface area contributed by atoms with Crippen molar-refractivity contribution in [2.24, 2.45) is 4.99 Å². The minimum absolute atomic E-state index is 0.717. The van der Waals surface area contributed by atoms with E-state index >= 15 is 0 Å². The van der Waals surface area contributed by atoms with Crippen LogP contribution in [0.2, 0.25) is 0 Å². The minimum Gasteiger partial charge on any atom is -0.356 e. The van der Waals surface area contributed by atoms with E-state index in [1.165, 1.54) is 4.88 Å². The Morgan fingerprint density at radius 1 is 1.19 bits per heavy atom. The summed E-state index contributed by atoms with van der Waals surface area (Å²) >= 11 is 1.72. The molecule has 0 aliphatic heterocycles. The summed E-state index contributed by atoms with van der Waals surface area (Å²) in [7, 11) is 1.79. The number of benzene rings is 1. The number of nitrogens with one attached hydrogen (secondary N) is 2. The van der Waals surface area contributed by atoms with E-state index in [2.05, 4.69) is 39.8 Å². The number of guanidine groups is 1. The van der Waals surface area contributed by atoms with Gasteiger partial charge >= 0.3 is 0 Å². The molecule has 0 fully saturated rings. The van der Waals surface area contributed by atoms with Crippen molar-refractivity contribution in [3.05, 3.63) is 59.4 Å². The van der Waals surface area contributed by atoms with Crippen molar-refractivity contribution < 1.29 is 0 Å². The third-order valence-electron chi connectivity index (χ3n) is 3.97. The van der Waals surface area contributed by atoms with Gasteiger partial charge in [-0.25, -0.2) is 4.98 Å². The topological polar surface area (TPSA) is 67.1 Å². The summed E-state index contributed by atoms with van der Waals surface area (Å²) < 4.78 is 1.93. The molecule has 2 N–H and O–H groups in total. The maximum Gasteiger partial charge on any atom is 0.191 e. The molecule has 0 radical (unpaired) electrons. The Balaban J connectivity index is 1.48. The monoisotopic (exact) mass is 368 g/mol. The van der Waals surface area contributed by atoms with Gasteiger partial charge in [-0.1, -0.05) is 30.3 Å². The van der Waals surface area contributed by atoms with Crippen molar-refractivity contribution in [1.29, 1.82) is 0 Å². The van der Waals surface area contributed by atoms with Gasteiger partial charge in [0.05, 0.1) is 12.2 Å². The summed E-state index contributed by atoms with van der Waals surface area (Å²) in [4.78, 5) is 10.2. The first-order valence-corrected chi connectivity index (χ1v) is 9.51. The van der Waals surface area contributed by atoms with Crippen LogP contribution in [0.5, 0.6) is 0 Å². The molecule has 2 heterocycles. The number of aliphatic imine (C=N–C) groups is 1. The van der Waals surface area contributed by atoms with Gasteiger partial charge in [-0.15, -0.1) is 11.3 Å². The van der Waals surface area contributed by atoms with Crippen LogP contribution in [0.4, 0.5) is 0 Å². The smallest absolute Gasteiger partial charge is 0.191 e. The van der Waals surface area contributed by atoms with Gasteiger partial charge in [0.25, 0.3) is 0 Å². The van der Waals surface area contributed by atoms with Crippen molar-refractivity contribution >= 4 is 17.3 Å². The van der Waals surface area contributed by atoms with Gasteiger partial charge in [-0.05, 0) is 19.4 Å². The van der Waals surface area contributed by atoms with Gasteiger partial charge in [0.1, 0.15) is 5.01 Å². The molecule has 0 amide bonds. The van der Waals surface area contributed by atoms with E-state index in [-0.39, 0.29) is 0 Å². The van der Waals surface area contributed by atoms with E-state index < -0.39 is 0 Å². The van der Waals surface area contributed by atoms with E-state index in [0.29, 0.717) is 0 Å². The zero-order valence-corrected chi connectivity index (χ0v) is 16.0. The Morgan fingerprint density at radius 2 is 2.04 bits per heavy atom. The quantitative estimate of drug-likeness (QED) is 0.382. The van der Waals surface area contributed by atoms with Crippen LogP contribution in [0.15, 0.2) is 53.8 Å². The molecule has 0 saturated carbocycles. The molecular formula is C19H24N6S. The van der Waals surface area contributed by atoms with E-state index in [9.17, 15) is 0 Å². The van der Waals surface area contributed by atoms with Crippen LogP contribution in [0.25, 0.3) is 10.6 Å². The largest absolute Gasteiger partial charge is 0.356 e. The number of rotatable bonds is 7. The summed E-state index contributed by atoms with van der Waals surface area (Å²) in [5.74, 6) is 0.805. The molecule has 0 aliphatic carbocycles. The summed E-state index contributed by atoms with van der Waals surface area (Å²) in [5, 5.41) is 12.0. The Labute approximate surface area is 158 Å². The van der Waals surface area contributed by atoms with Crippen molar-refractivity contribution in [2.75, 3.05) is 13.6 Å². The molecule has 0 spiro atoms. The molecule has 0 unspecified atom stereocenters. The molecule has 0 bridgehead atoms. The van der Waals surface area contributed by atoms with Crippen LogP contribution in [0.1, 0.15) is 17.0 Å². The maximum atomic E-state index is 4.70. The van der Waals surface area contributed by atoms with Crippen molar-refractivity contribution in [2.45, 2.75) is 26.4 Å². The summed E-state index contributed by atoms with van der Waals surface area (Å²) in [6, 6.07) is 12.2. The fourth-order valence-electron chi connectivity index (χ4n) is 2.56. The van der Waals surface area contributed by atoms with Crippen molar-refractivity contribution in [3.63, 3.8) is 0 Å². The first-order chi connectivity index (χ1) is 12.8. The fraction of sp³-hybridized carbons (Fsp3) is 0.316. The van der Waals surface area contributed by atoms with E-state index in [4.69, 9.17) is 4.98 Å². The Morgan fingerprint density at radius 3 is 2.77 bits per heavy atom. The minimum atomic E-state index is 0.717. The summed E-state index contributed by atoms with van der Waals surface area (Å²) in [6.45, 7) is 4.51. The molecule has 7 heteroatoms. The van der Waals surface area contributed by atoms with E-state index in [0.717, 1.165) is 48.3 Å². The number of nitrogens with zero attached hydrogens (tertiary/aromatic N) is 4. The number of hydrogen-bond acceptors (Lipinski definition) is 4. The molecule has 0 aliphatic rings. The highest BCUT2D eigenvalue weighted by Gasteiger charge is 2.09. The second-order valence-corrected chi connectivity index (χ2v) is 6.95. The first-order valence-electron chi connectivity index (χ1n) is 8.70. The average molecular weight is 369 g/mol. The molecule has 2 aromatic heterocycles. The van der Waals surface area contributed by atoms with E-state index in [1.807, 2.05) is 35.1 Å². The molecule has 3 aromatic rings. The van der Waals surface area contributed by atoms with Crippen LogP contribution in [0.3, 0.4) is 0 Å². The zero-order chi connectivity index (χ0) is 18.2. The number of aryl methyl sites for hydroxylation is 2. The van der Waals surface area contributed by atoms with Crippen LogP contribution < -0.4 is 10.6 Å². The van der Waals surface area contributed by atoms with Gasteiger partial charge in [0.2, 0.25) is 0 Å². The van der Waals surface area contributed by atoms with Crippen LogP contribution in [-0.2, 0) is 13.1 Å². The molecule has 3 rings (SSSR count). The van der Waals surface area contributed by atoms with Gasteiger partial charge < -0.3 is 10.6 Å². The molecule has 136 valence electrons. The molecule has 26 heavy (non-hydrogen) atoms. The summed E-state index contributed by atoms with van der Waals surface area (Å²) in [6.07, 6.45) is 4.76. The van der Waals surface area contributed by atoms with E-state index in [1.54, 1.807) is 24.6 Å². The number of thiazole rings is 1. The average Bonchev–Trinajstić information content (AvgIpc) is 3.32. The predicted octanol–water partition coefficient (Wildman–Crippen LogP) is 3.07. The molecule has 0 saturated heterocycles. The molecule has 1 aromatic carbocycles.